The van der Waals surface area contributed by atoms with Crippen molar-refractivity contribution in [3.05, 3.63) is 29.6 Å². The van der Waals surface area contributed by atoms with Crippen molar-refractivity contribution in [1.29, 1.82) is 0 Å². The first-order valence-electron chi connectivity index (χ1n) is 16.0. The molecule has 1 aromatic rings. The van der Waals surface area contributed by atoms with Gasteiger partial charge in [0.15, 0.2) is 0 Å². The van der Waals surface area contributed by atoms with E-state index in [4.69, 9.17) is 0 Å². The molecule has 40 heavy (non-hydrogen) atoms. The summed E-state index contributed by atoms with van der Waals surface area (Å²) in [7, 11) is 1.80. The van der Waals surface area contributed by atoms with Crippen LogP contribution >= 0.6 is 0 Å². The maximum Gasteiger partial charge on any atom is 0.254 e. The van der Waals surface area contributed by atoms with Crippen LogP contribution in [0.5, 0.6) is 0 Å². The fraction of sp³-hybridized carbons (Fsp3) is 0.788. The maximum atomic E-state index is 13.2. The van der Waals surface area contributed by atoms with Gasteiger partial charge in [-0.05, 0) is 105 Å². The highest BCUT2D eigenvalue weighted by Gasteiger charge is 2.59. The second-order valence-electron chi connectivity index (χ2n) is 14.6. The average Bonchev–Trinajstić information content (AvgIpc) is 3.66. The number of likely N-dealkylation sites (tertiary alicyclic amines) is 1. The smallest absolute Gasteiger partial charge is 0.254 e. The second kappa shape index (κ2) is 10.6. The number of carbonyl (C=O) groups excluding carboxylic acids is 2. The van der Waals surface area contributed by atoms with Crippen LogP contribution in [0.1, 0.15) is 102 Å². The Balaban J connectivity index is 1.02. The van der Waals surface area contributed by atoms with Gasteiger partial charge in [-0.1, -0.05) is 32.4 Å². The van der Waals surface area contributed by atoms with Crippen molar-refractivity contribution < 1.29 is 14.7 Å². The lowest BCUT2D eigenvalue weighted by atomic mass is 9.47. The summed E-state index contributed by atoms with van der Waals surface area (Å²) in [5.74, 6) is 3.72. The van der Waals surface area contributed by atoms with Gasteiger partial charge in [0.2, 0.25) is 5.91 Å². The number of aryl methyl sites for hydroxylation is 1. The fourth-order valence-electron chi connectivity index (χ4n) is 10.2. The van der Waals surface area contributed by atoms with Gasteiger partial charge < -0.3 is 15.3 Å². The highest BCUT2D eigenvalue weighted by Crippen LogP contribution is 2.67. The van der Waals surface area contributed by atoms with Crippen molar-refractivity contribution in [1.82, 2.24) is 20.0 Å². The van der Waals surface area contributed by atoms with Crippen LogP contribution in [0.4, 0.5) is 0 Å². The van der Waals surface area contributed by atoms with Gasteiger partial charge in [0.05, 0.1) is 17.9 Å². The first-order valence-corrected chi connectivity index (χ1v) is 16.0. The van der Waals surface area contributed by atoms with Crippen LogP contribution in [0.3, 0.4) is 0 Å². The number of allylic oxidation sites excluding steroid dienone is 1. The summed E-state index contributed by atoms with van der Waals surface area (Å²) in [4.78, 5) is 27.7. The molecule has 1 aliphatic heterocycles. The summed E-state index contributed by atoms with van der Waals surface area (Å²) < 4.78 is 1.63. The molecule has 3 saturated carbocycles. The Morgan fingerprint density at radius 2 is 1.98 bits per heavy atom. The highest BCUT2D eigenvalue weighted by atomic mass is 16.3. The summed E-state index contributed by atoms with van der Waals surface area (Å²) in [5, 5.41) is 17.5. The van der Waals surface area contributed by atoms with E-state index in [-0.39, 0.29) is 24.0 Å². The van der Waals surface area contributed by atoms with Gasteiger partial charge in [-0.2, -0.15) is 5.10 Å². The molecule has 2 amide bonds. The number of aliphatic hydroxyl groups is 1. The molecule has 7 heteroatoms. The molecule has 4 fully saturated rings. The zero-order valence-corrected chi connectivity index (χ0v) is 25.1. The molecule has 5 aliphatic rings. The molecule has 1 saturated heterocycles. The van der Waals surface area contributed by atoms with Gasteiger partial charge in [-0.25, -0.2) is 0 Å². The Morgan fingerprint density at radius 1 is 1.15 bits per heavy atom. The van der Waals surface area contributed by atoms with Gasteiger partial charge in [-0.15, -0.1) is 0 Å². The van der Waals surface area contributed by atoms with Gasteiger partial charge in [0.1, 0.15) is 0 Å². The molecule has 220 valence electrons. The minimum atomic E-state index is -0.138. The molecule has 0 spiro atoms. The van der Waals surface area contributed by atoms with Crippen LogP contribution in [0, 0.1) is 40.4 Å². The van der Waals surface area contributed by atoms with Gasteiger partial charge in [0.25, 0.3) is 5.91 Å². The van der Waals surface area contributed by atoms with E-state index < -0.39 is 0 Å². The largest absolute Gasteiger partial charge is 0.393 e. The first-order chi connectivity index (χ1) is 19.1. The third-order valence-corrected chi connectivity index (χ3v) is 12.5. The van der Waals surface area contributed by atoms with Crippen LogP contribution in [0.2, 0.25) is 0 Å². The number of amides is 2. The third kappa shape index (κ3) is 4.84. The van der Waals surface area contributed by atoms with Crippen LogP contribution in [-0.2, 0) is 11.8 Å². The summed E-state index contributed by atoms with van der Waals surface area (Å²) in [5.41, 5.74) is 2.80. The van der Waals surface area contributed by atoms with Gasteiger partial charge in [-0.3, -0.25) is 14.3 Å². The second-order valence-corrected chi connectivity index (χ2v) is 14.6. The van der Waals surface area contributed by atoms with Crippen molar-refractivity contribution in [3.8, 4) is 0 Å². The van der Waals surface area contributed by atoms with Crippen LogP contribution in [-0.4, -0.2) is 56.8 Å². The zero-order valence-electron chi connectivity index (χ0n) is 25.1. The van der Waals surface area contributed by atoms with E-state index in [0.717, 1.165) is 56.4 Å². The number of rotatable bonds is 6. The molecule has 2 heterocycles. The average molecular weight is 551 g/mol. The molecule has 1 unspecified atom stereocenters. The van der Waals surface area contributed by atoms with E-state index in [1.54, 1.807) is 29.7 Å². The number of carbonyl (C=O) groups is 2. The third-order valence-electron chi connectivity index (χ3n) is 12.5. The quantitative estimate of drug-likeness (QED) is 0.482. The SMILES string of the molecule is CC(CCC(=O)N1CC[C@H](NC(=O)c2cnn(C)c2)C1)[C@H]1CC[C@H]2[C@@H]3CC=C4C[C@@H](O)CC[C@]4(C)[C@H]3CC[C@]12C. The number of aliphatic hydroxyl groups excluding tert-OH is 1. The topological polar surface area (TPSA) is 87.5 Å². The van der Waals surface area contributed by atoms with E-state index in [9.17, 15) is 14.7 Å². The summed E-state index contributed by atoms with van der Waals surface area (Å²) in [6.45, 7) is 8.84. The predicted molar refractivity (Wildman–Crippen MR) is 155 cm³/mol. The molecule has 9 atom stereocenters. The maximum absolute atomic E-state index is 13.2. The minimum absolute atomic E-state index is 0.0121. The summed E-state index contributed by atoms with van der Waals surface area (Å²) in [6, 6.07) is 0.0121. The number of hydrogen-bond acceptors (Lipinski definition) is 4. The van der Waals surface area contributed by atoms with E-state index in [0.29, 0.717) is 41.2 Å². The number of hydrogen-bond donors (Lipinski definition) is 2. The Bertz CT molecular complexity index is 1160. The molecular formula is C33H50N4O3. The molecular weight excluding hydrogens is 500 g/mol. The van der Waals surface area contributed by atoms with Crippen molar-refractivity contribution in [2.75, 3.05) is 13.1 Å². The molecule has 0 bridgehead atoms. The summed E-state index contributed by atoms with van der Waals surface area (Å²) >= 11 is 0. The minimum Gasteiger partial charge on any atom is -0.393 e. The van der Waals surface area contributed by atoms with E-state index in [1.165, 1.54) is 32.1 Å². The number of aromatic nitrogens is 2. The van der Waals surface area contributed by atoms with Crippen molar-refractivity contribution in [2.24, 2.45) is 47.5 Å². The molecule has 0 aromatic carbocycles. The monoisotopic (exact) mass is 550 g/mol. The predicted octanol–water partition coefficient (Wildman–Crippen LogP) is 5.11. The lowest BCUT2D eigenvalue weighted by Crippen LogP contribution is -2.50. The Labute approximate surface area is 240 Å². The number of fused-ring (bicyclic) bond motifs is 5. The van der Waals surface area contributed by atoms with Crippen molar-refractivity contribution in [2.45, 2.75) is 104 Å². The Morgan fingerprint density at radius 3 is 2.75 bits per heavy atom. The number of nitrogens with zero attached hydrogens (tertiary/aromatic N) is 3. The molecule has 4 aliphatic carbocycles. The Kier molecular flexibility index (Phi) is 7.42. The van der Waals surface area contributed by atoms with Crippen molar-refractivity contribution in [3.63, 3.8) is 0 Å². The van der Waals surface area contributed by atoms with E-state index in [2.05, 4.69) is 37.3 Å². The Hall–Kier alpha value is -2.15. The molecule has 6 rings (SSSR count). The van der Waals surface area contributed by atoms with Gasteiger partial charge in [0, 0.05) is 38.8 Å². The lowest BCUT2D eigenvalue weighted by Gasteiger charge is -2.58. The zero-order chi connectivity index (χ0) is 28.2. The van der Waals surface area contributed by atoms with Gasteiger partial charge >= 0.3 is 0 Å². The molecule has 1 aromatic heterocycles. The van der Waals surface area contributed by atoms with Crippen LogP contribution < -0.4 is 5.32 Å². The van der Waals surface area contributed by atoms with Crippen LogP contribution in [0.15, 0.2) is 24.0 Å². The summed E-state index contributed by atoms with van der Waals surface area (Å²) in [6.07, 6.45) is 17.6. The first kappa shape index (κ1) is 28.0. The van der Waals surface area contributed by atoms with Crippen LogP contribution in [0.25, 0.3) is 0 Å². The normalized spacial score (nSPS) is 39.6. The van der Waals surface area contributed by atoms with E-state index >= 15 is 0 Å². The standard InChI is InChI=1S/C33H50N4O3/c1-21(5-10-30(39)37-16-13-24(20-37)35-31(40)22-18-34-36(4)19-22)27-8-9-28-26-7-6-23-17-25(38)11-14-32(23,2)29(26)12-15-33(27,28)3/h6,18-19,21,24-29,38H,5,7-17,20H2,1-4H3,(H,35,40)/t21?,24-,25-,26-,27+,28-,29-,32-,33+/m0/s1. The molecule has 7 nitrogen and oxygen atoms in total. The fourth-order valence-corrected chi connectivity index (χ4v) is 10.2. The molecule has 2 N–H and O–H groups in total. The number of nitrogens with one attached hydrogen (secondary N) is 1. The van der Waals surface area contributed by atoms with Crippen molar-refractivity contribution >= 4 is 11.8 Å². The molecule has 0 radical (unpaired) electrons. The highest BCUT2D eigenvalue weighted by molar-refractivity contribution is 5.94. The van der Waals surface area contributed by atoms with E-state index in [1.807, 2.05) is 4.90 Å². The lowest BCUT2D eigenvalue weighted by molar-refractivity contribution is -0.130.